The van der Waals surface area contributed by atoms with Crippen LogP contribution in [-0.2, 0) is 14.3 Å². The summed E-state index contributed by atoms with van der Waals surface area (Å²) in [5, 5.41) is 9.00. The Balaban J connectivity index is 1.69. The van der Waals surface area contributed by atoms with Crippen molar-refractivity contribution in [2.75, 3.05) is 19.8 Å². The largest absolute Gasteiger partial charge is 0.481 e. The summed E-state index contributed by atoms with van der Waals surface area (Å²) in [5.41, 5.74) is 2.47. The minimum absolute atomic E-state index is 0.00254. The molecule has 0 radical (unpaired) electrons. The van der Waals surface area contributed by atoms with E-state index in [-0.39, 0.29) is 30.2 Å². The number of carbonyl (C=O) groups excluding carboxylic acids is 1. The van der Waals surface area contributed by atoms with Gasteiger partial charge in [-0.1, -0.05) is 24.3 Å². The van der Waals surface area contributed by atoms with Crippen LogP contribution in [0.25, 0.3) is 0 Å². The lowest BCUT2D eigenvalue weighted by Crippen LogP contribution is -2.45. The van der Waals surface area contributed by atoms with Gasteiger partial charge in [0.25, 0.3) is 0 Å². The SMILES string of the molecule is Cc1ccccc1[C@@H]1C[C@H]1C(=O)N(CCC(=O)O)C1CCOCC1. The molecule has 1 saturated carbocycles. The number of hydrogen-bond donors (Lipinski definition) is 1. The highest BCUT2D eigenvalue weighted by Crippen LogP contribution is 2.49. The van der Waals surface area contributed by atoms with Crippen LogP contribution in [0.15, 0.2) is 24.3 Å². The van der Waals surface area contributed by atoms with Gasteiger partial charge in [-0.05, 0) is 43.2 Å². The molecular weight excluding hydrogens is 306 g/mol. The van der Waals surface area contributed by atoms with Gasteiger partial charge in [0, 0.05) is 31.7 Å². The van der Waals surface area contributed by atoms with E-state index in [1.54, 1.807) is 0 Å². The number of aryl methyl sites for hydroxylation is 1. The second-order valence-corrected chi connectivity index (χ2v) is 6.82. The highest BCUT2D eigenvalue weighted by atomic mass is 16.5. The molecule has 5 heteroatoms. The van der Waals surface area contributed by atoms with Crippen molar-refractivity contribution in [3.05, 3.63) is 35.4 Å². The predicted molar refractivity (Wildman–Crippen MR) is 89.8 cm³/mol. The van der Waals surface area contributed by atoms with E-state index in [4.69, 9.17) is 9.84 Å². The van der Waals surface area contributed by atoms with Gasteiger partial charge >= 0.3 is 5.97 Å². The van der Waals surface area contributed by atoms with Crippen LogP contribution >= 0.6 is 0 Å². The van der Waals surface area contributed by atoms with Crippen LogP contribution in [0, 0.1) is 12.8 Å². The highest BCUT2D eigenvalue weighted by molar-refractivity contribution is 5.84. The third-order valence-corrected chi connectivity index (χ3v) is 5.18. The second-order valence-electron chi connectivity index (χ2n) is 6.82. The van der Waals surface area contributed by atoms with Crippen molar-refractivity contribution in [3.8, 4) is 0 Å². The zero-order valence-electron chi connectivity index (χ0n) is 14.1. The Labute approximate surface area is 142 Å². The van der Waals surface area contributed by atoms with Crippen LogP contribution < -0.4 is 0 Å². The van der Waals surface area contributed by atoms with Gasteiger partial charge in [0.2, 0.25) is 5.91 Å². The van der Waals surface area contributed by atoms with Gasteiger partial charge in [-0.2, -0.15) is 0 Å². The number of rotatable bonds is 6. The standard InChI is InChI=1S/C19H25NO4/c1-13-4-2-3-5-15(13)16-12-17(16)19(23)20(9-6-18(21)22)14-7-10-24-11-8-14/h2-5,14,16-17H,6-12H2,1H3,(H,21,22)/t16-,17+/m0/s1. The first-order chi connectivity index (χ1) is 11.6. The summed E-state index contributed by atoms with van der Waals surface area (Å²) in [7, 11) is 0. The van der Waals surface area contributed by atoms with E-state index in [2.05, 4.69) is 19.1 Å². The molecule has 0 bridgehead atoms. The topological polar surface area (TPSA) is 66.8 Å². The molecule has 1 N–H and O–H groups in total. The van der Waals surface area contributed by atoms with Crippen molar-refractivity contribution in [2.24, 2.45) is 5.92 Å². The van der Waals surface area contributed by atoms with Crippen LogP contribution in [0.1, 0.15) is 42.7 Å². The number of hydrogen-bond acceptors (Lipinski definition) is 3. The zero-order valence-corrected chi connectivity index (χ0v) is 14.1. The number of amides is 1. The molecule has 2 aliphatic rings. The van der Waals surface area contributed by atoms with Gasteiger partial charge in [-0.15, -0.1) is 0 Å². The van der Waals surface area contributed by atoms with E-state index in [1.165, 1.54) is 11.1 Å². The summed E-state index contributed by atoms with van der Waals surface area (Å²) >= 11 is 0. The van der Waals surface area contributed by atoms with Gasteiger partial charge in [-0.25, -0.2) is 0 Å². The molecule has 1 amide bonds. The maximum atomic E-state index is 13.0. The molecule has 2 atom stereocenters. The van der Waals surface area contributed by atoms with Crippen LogP contribution in [-0.4, -0.2) is 47.7 Å². The smallest absolute Gasteiger partial charge is 0.305 e. The molecule has 1 aliphatic carbocycles. The Hall–Kier alpha value is -1.88. The van der Waals surface area contributed by atoms with E-state index >= 15 is 0 Å². The first kappa shape index (κ1) is 17.0. The summed E-state index contributed by atoms with van der Waals surface area (Å²) in [6.45, 7) is 3.67. The number of carboxylic acids is 1. The molecule has 1 heterocycles. The Morgan fingerprint density at radius 3 is 2.62 bits per heavy atom. The second kappa shape index (κ2) is 7.34. The minimum atomic E-state index is -0.855. The number of carbonyl (C=O) groups is 2. The fraction of sp³-hybridized carbons (Fsp3) is 0.579. The third-order valence-electron chi connectivity index (χ3n) is 5.18. The molecule has 24 heavy (non-hydrogen) atoms. The number of aliphatic carboxylic acids is 1. The van der Waals surface area contributed by atoms with E-state index in [1.807, 2.05) is 17.0 Å². The fourth-order valence-corrected chi connectivity index (χ4v) is 3.71. The van der Waals surface area contributed by atoms with Gasteiger partial charge in [0.1, 0.15) is 0 Å². The van der Waals surface area contributed by atoms with Gasteiger partial charge in [-0.3, -0.25) is 9.59 Å². The van der Waals surface area contributed by atoms with Crippen molar-refractivity contribution >= 4 is 11.9 Å². The van der Waals surface area contributed by atoms with E-state index < -0.39 is 5.97 Å². The third kappa shape index (κ3) is 3.78. The number of benzene rings is 1. The molecule has 0 unspecified atom stereocenters. The molecule has 5 nitrogen and oxygen atoms in total. The summed E-state index contributed by atoms with van der Waals surface area (Å²) in [6, 6.07) is 8.32. The fourth-order valence-electron chi connectivity index (χ4n) is 3.71. The minimum Gasteiger partial charge on any atom is -0.481 e. The number of nitrogens with zero attached hydrogens (tertiary/aromatic N) is 1. The van der Waals surface area contributed by atoms with Crippen molar-refractivity contribution < 1.29 is 19.4 Å². The lowest BCUT2D eigenvalue weighted by molar-refractivity contribution is -0.141. The molecule has 2 fully saturated rings. The zero-order chi connectivity index (χ0) is 17.1. The monoisotopic (exact) mass is 331 g/mol. The molecule has 0 aromatic heterocycles. The molecule has 130 valence electrons. The summed E-state index contributed by atoms with van der Waals surface area (Å²) in [6.07, 6.45) is 2.47. The summed E-state index contributed by atoms with van der Waals surface area (Å²) in [4.78, 5) is 25.8. The van der Waals surface area contributed by atoms with Crippen LogP contribution in [0.2, 0.25) is 0 Å². The predicted octanol–water partition coefficient (Wildman–Crippen LogP) is 2.58. The summed E-state index contributed by atoms with van der Waals surface area (Å²) in [5.74, 6) is -0.448. The average Bonchev–Trinajstić information content (AvgIpc) is 3.36. The maximum absolute atomic E-state index is 13.0. The van der Waals surface area contributed by atoms with Crippen molar-refractivity contribution in [1.29, 1.82) is 0 Å². The van der Waals surface area contributed by atoms with E-state index in [0.29, 0.717) is 19.8 Å². The first-order valence-corrected chi connectivity index (χ1v) is 8.73. The van der Waals surface area contributed by atoms with Crippen LogP contribution in [0.5, 0.6) is 0 Å². The lowest BCUT2D eigenvalue weighted by atomic mass is 10.0. The van der Waals surface area contributed by atoms with Crippen molar-refractivity contribution in [2.45, 2.75) is 44.6 Å². The normalized spacial score (nSPS) is 23.7. The Morgan fingerprint density at radius 2 is 1.96 bits per heavy atom. The molecular formula is C19H25NO4. The number of carboxylic acid groups (broad SMARTS) is 1. The molecule has 1 aliphatic heterocycles. The summed E-state index contributed by atoms with van der Waals surface area (Å²) < 4.78 is 5.38. The highest BCUT2D eigenvalue weighted by Gasteiger charge is 2.47. The van der Waals surface area contributed by atoms with Gasteiger partial charge in [0.15, 0.2) is 0 Å². The molecule has 1 saturated heterocycles. The number of ether oxygens (including phenoxy) is 1. The molecule has 0 spiro atoms. The molecule has 3 rings (SSSR count). The van der Waals surface area contributed by atoms with Gasteiger partial charge in [0.05, 0.1) is 6.42 Å². The Kier molecular flexibility index (Phi) is 5.19. The van der Waals surface area contributed by atoms with Crippen molar-refractivity contribution in [3.63, 3.8) is 0 Å². The van der Waals surface area contributed by atoms with Crippen LogP contribution in [0.3, 0.4) is 0 Å². The first-order valence-electron chi connectivity index (χ1n) is 8.73. The Bertz CT molecular complexity index is 609. The lowest BCUT2D eigenvalue weighted by Gasteiger charge is -2.34. The van der Waals surface area contributed by atoms with E-state index in [0.717, 1.165) is 19.3 Å². The van der Waals surface area contributed by atoms with Crippen molar-refractivity contribution in [1.82, 2.24) is 4.90 Å². The quantitative estimate of drug-likeness (QED) is 0.870. The van der Waals surface area contributed by atoms with E-state index in [9.17, 15) is 9.59 Å². The molecule has 1 aromatic rings. The maximum Gasteiger partial charge on any atom is 0.305 e. The Morgan fingerprint density at radius 1 is 1.25 bits per heavy atom. The van der Waals surface area contributed by atoms with Gasteiger partial charge < -0.3 is 14.7 Å². The molecule has 1 aromatic carbocycles. The average molecular weight is 331 g/mol. The van der Waals surface area contributed by atoms with Crippen LogP contribution in [0.4, 0.5) is 0 Å².